The first-order chi connectivity index (χ1) is 38.2. The molecule has 0 spiro atoms. The topological polar surface area (TPSA) is 176 Å². The van der Waals surface area contributed by atoms with E-state index in [4.69, 9.17) is 4.74 Å². The molecule has 0 radical (unpaired) electrons. The van der Waals surface area contributed by atoms with Gasteiger partial charge in [-0.1, -0.05) is 49.6 Å². The van der Waals surface area contributed by atoms with Gasteiger partial charge in [0.25, 0.3) is 0 Å². The van der Waals surface area contributed by atoms with Crippen molar-refractivity contribution in [3.63, 3.8) is 0 Å². The number of imidazole rings is 4. The summed E-state index contributed by atoms with van der Waals surface area (Å²) in [5.41, 5.74) is 18.6. The lowest BCUT2D eigenvalue weighted by molar-refractivity contribution is -0.117. The van der Waals surface area contributed by atoms with Crippen molar-refractivity contribution >= 4 is 34.7 Å². The molecule has 388 valence electrons. The molecule has 0 atom stereocenters. The largest absolute Gasteiger partial charge is 0.497 e. The SMILES string of the molecule is C=C1CCc2cc(-n3ccnc3)cnc2N1.C=C1CCc2ccc(-n3ccnc3)cc2N1.COc1ccc(-c2cncn2-c2ccc3c(c2)CCC(=O)N3)cc1.O=C1CCc2cc(-n3cncc3-c3ccccc3)ccc2N1. The van der Waals surface area contributed by atoms with Gasteiger partial charge in [0.05, 0.1) is 68.1 Å². The van der Waals surface area contributed by atoms with Crippen molar-refractivity contribution in [1.29, 1.82) is 0 Å². The minimum atomic E-state index is 0.0804. The van der Waals surface area contributed by atoms with Gasteiger partial charge in [-0.25, -0.2) is 24.9 Å². The molecule has 0 fully saturated rings. The molecule has 78 heavy (non-hydrogen) atoms. The fraction of sp³-hybridized carbons (Fsp3) is 0.145. The zero-order chi connectivity index (χ0) is 53.4. The second kappa shape index (κ2) is 22.8. The molecule has 9 heterocycles. The van der Waals surface area contributed by atoms with Crippen LogP contribution in [0.2, 0.25) is 0 Å². The molecule has 5 aromatic carbocycles. The molecule has 2 amide bonds. The maximum absolute atomic E-state index is 11.5. The molecule has 0 saturated heterocycles. The number of benzene rings is 5. The van der Waals surface area contributed by atoms with E-state index in [2.05, 4.69) is 117 Å². The third kappa shape index (κ3) is 11.4. The number of nitrogens with zero attached hydrogens (tertiary/aromatic N) is 9. The van der Waals surface area contributed by atoms with Gasteiger partial charge in [-0.15, -0.1) is 0 Å². The summed E-state index contributed by atoms with van der Waals surface area (Å²) in [6.07, 6.45) is 26.9. The molecule has 4 aliphatic heterocycles. The van der Waals surface area contributed by atoms with Crippen molar-refractivity contribution < 1.29 is 14.3 Å². The summed E-state index contributed by atoms with van der Waals surface area (Å²) in [4.78, 5) is 44.0. The van der Waals surface area contributed by atoms with Crippen LogP contribution in [0, 0.1) is 0 Å². The average Bonchev–Trinajstić information content (AvgIpc) is 4.40. The van der Waals surface area contributed by atoms with E-state index in [1.54, 1.807) is 32.2 Å². The zero-order valence-corrected chi connectivity index (χ0v) is 43.1. The van der Waals surface area contributed by atoms with Crippen LogP contribution in [0.1, 0.15) is 47.9 Å². The van der Waals surface area contributed by atoms with Gasteiger partial charge in [-0.3, -0.25) is 18.7 Å². The maximum atomic E-state index is 11.5. The monoisotopic (exact) mass is 1030 g/mol. The van der Waals surface area contributed by atoms with E-state index < -0.39 is 0 Å². The first kappa shape index (κ1) is 50.1. The van der Waals surface area contributed by atoms with Gasteiger partial charge in [0.1, 0.15) is 11.6 Å². The van der Waals surface area contributed by atoms with Gasteiger partial charge in [-0.2, -0.15) is 0 Å². The van der Waals surface area contributed by atoms with Crippen LogP contribution in [0.25, 0.3) is 45.3 Å². The van der Waals surface area contributed by atoms with Crippen molar-refractivity contribution in [2.24, 2.45) is 0 Å². The Labute approximate surface area is 451 Å². The minimum absolute atomic E-state index is 0.0804. The number of nitrogens with one attached hydrogen (secondary N) is 4. The molecular weight excluding hydrogens is 975 g/mol. The van der Waals surface area contributed by atoms with Crippen LogP contribution in [0.15, 0.2) is 209 Å². The summed E-state index contributed by atoms with van der Waals surface area (Å²) in [5, 5.41) is 12.4. The molecule has 4 aliphatic rings. The highest BCUT2D eigenvalue weighted by Gasteiger charge is 2.19. The summed E-state index contributed by atoms with van der Waals surface area (Å²) in [5.74, 6) is 1.93. The number of methoxy groups -OCH3 is 1. The molecular formula is C62H57N13O3. The van der Waals surface area contributed by atoms with E-state index in [-0.39, 0.29) is 11.8 Å². The molecule has 16 nitrogen and oxygen atoms in total. The fourth-order valence-electron chi connectivity index (χ4n) is 9.72. The zero-order valence-electron chi connectivity index (χ0n) is 43.1. The van der Waals surface area contributed by atoms with Gasteiger partial charge in [0.15, 0.2) is 0 Å². The number of carbonyl (C=O) groups excluding carboxylic acids is 2. The van der Waals surface area contributed by atoms with Crippen molar-refractivity contribution in [1.82, 2.24) is 43.2 Å². The summed E-state index contributed by atoms with van der Waals surface area (Å²) in [7, 11) is 1.66. The van der Waals surface area contributed by atoms with Crippen molar-refractivity contribution in [3.05, 3.63) is 231 Å². The fourth-order valence-corrected chi connectivity index (χ4v) is 9.72. The standard InChI is InChI=1S/C19H17N3O2.C18H15N3O.C13H13N3.C12H12N4/c1-24-16-6-2-13(3-7-16)18-11-20-12-22(18)15-5-8-17-14(10-15)4-9-19(23)21-17;22-18-9-6-14-10-15(7-8-16(14)20-18)21-12-19-11-17(21)13-4-2-1-3-5-13;1-10-2-3-11-4-5-12(8-13(11)15-10)16-7-6-14-9-16;1-9-2-3-10-6-11(7-14-12(10)15-9)16-5-4-13-8-16/h2-3,5-8,10-12H,4,9H2,1H3,(H,21,23);1-5,7-8,10-12H,6,9H2,(H,20,22);4-9,15H,1-3H2;4-8H,1-3H2,(H,14,15). The lowest BCUT2D eigenvalue weighted by Crippen LogP contribution is -2.19. The first-order valence-corrected chi connectivity index (χ1v) is 25.8. The number of aromatic nitrogens is 9. The van der Waals surface area contributed by atoms with Crippen LogP contribution >= 0.6 is 0 Å². The average molecular weight is 1030 g/mol. The summed E-state index contributed by atoms with van der Waals surface area (Å²) in [6.45, 7) is 7.89. The lowest BCUT2D eigenvalue weighted by Gasteiger charge is -2.20. The minimum Gasteiger partial charge on any atom is -0.497 e. The number of carbonyl (C=O) groups is 2. The molecule has 0 bridgehead atoms. The normalized spacial score (nSPS) is 13.8. The smallest absolute Gasteiger partial charge is 0.224 e. The summed E-state index contributed by atoms with van der Waals surface area (Å²) >= 11 is 0. The highest BCUT2D eigenvalue weighted by molar-refractivity contribution is 5.94. The van der Waals surface area contributed by atoms with Gasteiger partial charge < -0.3 is 35.1 Å². The number of amides is 2. The van der Waals surface area contributed by atoms with Crippen LogP contribution in [0.4, 0.5) is 22.9 Å². The number of aryl methyl sites for hydroxylation is 4. The Bertz CT molecular complexity index is 3770. The Kier molecular flexibility index (Phi) is 14.6. The summed E-state index contributed by atoms with van der Waals surface area (Å²) in [6, 6.07) is 38.9. The third-order valence-corrected chi connectivity index (χ3v) is 13.9. The Morgan fingerprint density at radius 1 is 0.462 bits per heavy atom. The van der Waals surface area contributed by atoms with Crippen LogP contribution in [-0.2, 0) is 35.3 Å². The molecule has 16 heteroatoms. The second-order valence-electron chi connectivity index (χ2n) is 19.1. The number of anilines is 4. The van der Waals surface area contributed by atoms with Crippen molar-refractivity contribution in [2.45, 2.75) is 51.4 Å². The van der Waals surface area contributed by atoms with Crippen LogP contribution in [0.5, 0.6) is 5.75 Å². The van der Waals surface area contributed by atoms with Crippen LogP contribution in [-0.4, -0.2) is 62.1 Å². The number of pyridine rings is 1. The number of hydrogen-bond acceptors (Lipinski definition) is 10. The highest BCUT2D eigenvalue weighted by atomic mass is 16.5. The number of ether oxygens (including phenoxy) is 1. The molecule has 0 unspecified atom stereocenters. The van der Waals surface area contributed by atoms with Crippen LogP contribution in [0.3, 0.4) is 0 Å². The van der Waals surface area contributed by atoms with E-state index >= 15 is 0 Å². The predicted molar refractivity (Wildman–Crippen MR) is 306 cm³/mol. The van der Waals surface area contributed by atoms with Gasteiger partial charge in [0, 0.05) is 94.3 Å². The van der Waals surface area contributed by atoms with E-state index in [0.717, 1.165) is 124 Å². The van der Waals surface area contributed by atoms with E-state index in [9.17, 15) is 9.59 Å². The van der Waals surface area contributed by atoms with Gasteiger partial charge in [-0.05, 0) is 140 Å². The maximum Gasteiger partial charge on any atom is 0.224 e. The van der Waals surface area contributed by atoms with E-state index in [0.29, 0.717) is 12.8 Å². The Morgan fingerprint density at radius 2 is 1.00 bits per heavy atom. The van der Waals surface area contributed by atoms with Crippen molar-refractivity contribution in [2.75, 3.05) is 28.4 Å². The first-order valence-electron chi connectivity index (χ1n) is 25.8. The van der Waals surface area contributed by atoms with Gasteiger partial charge in [0.2, 0.25) is 11.8 Å². The summed E-state index contributed by atoms with van der Waals surface area (Å²) < 4.78 is 13.3. The second-order valence-corrected chi connectivity index (χ2v) is 19.1. The van der Waals surface area contributed by atoms with Crippen LogP contribution < -0.4 is 26.0 Å². The van der Waals surface area contributed by atoms with Crippen molar-refractivity contribution in [3.8, 4) is 51.0 Å². The Balaban J connectivity index is 0.000000112. The number of hydrogen-bond donors (Lipinski definition) is 4. The lowest BCUT2D eigenvalue weighted by atomic mass is 10.0. The highest BCUT2D eigenvalue weighted by Crippen LogP contribution is 2.32. The van der Waals surface area contributed by atoms with E-state index in [1.165, 1.54) is 22.4 Å². The molecule has 4 N–H and O–H groups in total. The number of allylic oxidation sites excluding steroid dienone is 2. The molecule has 14 rings (SSSR count). The molecule has 0 saturated carbocycles. The quantitative estimate of drug-likeness (QED) is 0.120. The predicted octanol–water partition coefficient (Wildman–Crippen LogP) is 11.7. The molecule has 5 aromatic heterocycles. The van der Waals surface area contributed by atoms with Gasteiger partial charge >= 0.3 is 0 Å². The van der Waals surface area contributed by atoms with E-state index in [1.807, 2.05) is 120 Å². The third-order valence-electron chi connectivity index (χ3n) is 13.9. The Hall–Kier alpha value is -10.1. The molecule has 10 aromatic rings. The Morgan fingerprint density at radius 3 is 1.59 bits per heavy atom. The molecule has 0 aliphatic carbocycles. The number of fused-ring (bicyclic) bond motifs is 4. The number of rotatable bonds is 7.